The fraction of sp³-hybridized carbons (Fsp3) is 0.484. The normalized spacial score (nSPS) is 19.6. The van der Waals surface area contributed by atoms with E-state index in [1.165, 1.54) is 37.0 Å². The van der Waals surface area contributed by atoms with E-state index in [-0.39, 0.29) is 29.6 Å². The van der Waals surface area contributed by atoms with Crippen molar-refractivity contribution in [3.05, 3.63) is 71.0 Å². The van der Waals surface area contributed by atoms with Crippen LogP contribution in [0.5, 0.6) is 0 Å². The van der Waals surface area contributed by atoms with Crippen LogP contribution in [0, 0.1) is 23.1 Å². The Morgan fingerprint density at radius 3 is 2.51 bits per heavy atom. The number of aryl methyl sites for hydroxylation is 1. The lowest BCUT2D eigenvalue weighted by Crippen LogP contribution is -2.49. The summed E-state index contributed by atoms with van der Waals surface area (Å²) in [6.07, 6.45) is 6.22. The molecule has 2 aromatic rings. The summed E-state index contributed by atoms with van der Waals surface area (Å²) in [5, 5.41) is 6.03. The van der Waals surface area contributed by atoms with Gasteiger partial charge in [-0.05, 0) is 81.1 Å². The zero-order chi connectivity index (χ0) is 26.3. The van der Waals surface area contributed by atoms with Gasteiger partial charge in [0, 0.05) is 36.5 Å². The van der Waals surface area contributed by atoms with Gasteiger partial charge in [-0.15, -0.1) is 0 Å². The number of likely N-dealkylation sites (tertiary alicyclic amines) is 1. The van der Waals surface area contributed by atoms with Crippen LogP contribution in [-0.4, -0.2) is 48.9 Å². The Hall–Kier alpha value is -3.17. The number of nitrogens with one attached hydrogen (secondary N) is 2. The molecule has 0 aromatic heterocycles. The van der Waals surface area contributed by atoms with Gasteiger partial charge in [0.25, 0.3) is 5.91 Å². The van der Waals surface area contributed by atoms with E-state index >= 15 is 0 Å². The van der Waals surface area contributed by atoms with Gasteiger partial charge in [0.15, 0.2) is 0 Å². The van der Waals surface area contributed by atoms with E-state index in [0.717, 1.165) is 43.5 Å². The standard InChI is InChI=1S/C31H38FN3O2/c1-3-4-5-6-24-7-9-25(10-8-24)11-16-29(36)34-23(2)22-35-19-17-31(18-20-35)28(21-33-30(31)37)26-12-14-27(32)15-13-26/h7-10,12-15,23,28H,3-6,17-22H2,1-2H3,(H,33,37)(H,34,36)/t23-,28?/m0/s1. The van der Waals surface area contributed by atoms with E-state index in [0.29, 0.717) is 13.1 Å². The Bertz CT molecular complexity index is 1130. The van der Waals surface area contributed by atoms with E-state index in [9.17, 15) is 14.0 Å². The van der Waals surface area contributed by atoms with Crippen molar-refractivity contribution in [2.45, 2.75) is 64.3 Å². The number of rotatable bonds is 8. The Kier molecular flexibility index (Phi) is 9.00. The van der Waals surface area contributed by atoms with Gasteiger partial charge in [0.05, 0.1) is 5.41 Å². The Morgan fingerprint density at radius 2 is 1.84 bits per heavy atom. The summed E-state index contributed by atoms with van der Waals surface area (Å²) in [4.78, 5) is 27.6. The van der Waals surface area contributed by atoms with Gasteiger partial charge >= 0.3 is 0 Å². The second kappa shape index (κ2) is 12.4. The van der Waals surface area contributed by atoms with Gasteiger partial charge in [-0.1, -0.05) is 50.0 Å². The molecule has 37 heavy (non-hydrogen) atoms. The molecule has 196 valence electrons. The molecule has 4 rings (SSSR count). The molecule has 0 saturated carbocycles. The maximum Gasteiger partial charge on any atom is 0.296 e. The third-order valence-electron chi connectivity index (χ3n) is 7.86. The minimum Gasteiger partial charge on any atom is -0.355 e. The van der Waals surface area contributed by atoms with E-state index in [1.807, 2.05) is 19.1 Å². The maximum atomic E-state index is 13.4. The smallest absolute Gasteiger partial charge is 0.296 e. The third-order valence-corrected chi connectivity index (χ3v) is 7.86. The average molecular weight is 504 g/mol. The van der Waals surface area contributed by atoms with Gasteiger partial charge in [0.2, 0.25) is 5.91 Å². The van der Waals surface area contributed by atoms with Crippen molar-refractivity contribution in [1.29, 1.82) is 0 Å². The quantitative estimate of drug-likeness (QED) is 0.414. The van der Waals surface area contributed by atoms with Crippen LogP contribution in [0.4, 0.5) is 4.39 Å². The lowest BCUT2D eigenvalue weighted by molar-refractivity contribution is -0.130. The van der Waals surface area contributed by atoms with Crippen molar-refractivity contribution in [1.82, 2.24) is 15.5 Å². The molecule has 0 bridgehead atoms. The lowest BCUT2D eigenvalue weighted by Gasteiger charge is -2.41. The van der Waals surface area contributed by atoms with Crippen molar-refractivity contribution >= 4 is 11.8 Å². The number of benzene rings is 2. The molecule has 6 heteroatoms. The van der Waals surface area contributed by atoms with Crippen LogP contribution >= 0.6 is 0 Å². The number of unbranched alkanes of at least 4 members (excludes halogenated alkanes) is 2. The molecule has 0 radical (unpaired) electrons. The fourth-order valence-electron chi connectivity index (χ4n) is 5.72. The van der Waals surface area contributed by atoms with Gasteiger partial charge < -0.3 is 15.5 Å². The lowest BCUT2D eigenvalue weighted by atomic mass is 9.68. The first-order valence-electron chi connectivity index (χ1n) is 13.6. The first-order valence-corrected chi connectivity index (χ1v) is 13.6. The summed E-state index contributed by atoms with van der Waals surface area (Å²) >= 11 is 0. The van der Waals surface area contributed by atoms with Crippen molar-refractivity contribution in [2.24, 2.45) is 5.41 Å². The highest BCUT2D eigenvalue weighted by Gasteiger charge is 2.51. The van der Waals surface area contributed by atoms with Crippen molar-refractivity contribution < 1.29 is 14.0 Å². The van der Waals surface area contributed by atoms with Crippen LogP contribution < -0.4 is 10.6 Å². The largest absolute Gasteiger partial charge is 0.355 e. The summed E-state index contributed by atoms with van der Waals surface area (Å²) in [6, 6.07) is 14.6. The topological polar surface area (TPSA) is 61.4 Å². The highest BCUT2D eigenvalue weighted by molar-refractivity contribution is 5.94. The molecule has 2 fully saturated rings. The molecule has 2 saturated heterocycles. The second-order valence-electron chi connectivity index (χ2n) is 10.5. The van der Waals surface area contributed by atoms with Gasteiger partial charge in [-0.25, -0.2) is 4.39 Å². The molecule has 2 heterocycles. The first kappa shape index (κ1) is 26.9. The summed E-state index contributed by atoms with van der Waals surface area (Å²) in [6.45, 7) is 7.05. The number of hydrogen-bond acceptors (Lipinski definition) is 3. The van der Waals surface area contributed by atoms with Gasteiger partial charge in [-0.2, -0.15) is 0 Å². The van der Waals surface area contributed by atoms with E-state index in [1.54, 1.807) is 12.1 Å². The molecule has 2 aliphatic heterocycles. The molecule has 2 aliphatic rings. The van der Waals surface area contributed by atoms with Crippen LogP contribution in [0.1, 0.15) is 68.6 Å². The van der Waals surface area contributed by atoms with Crippen molar-refractivity contribution in [3.8, 4) is 11.8 Å². The third kappa shape index (κ3) is 6.78. The molecule has 5 nitrogen and oxygen atoms in total. The van der Waals surface area contributed by atoms with Crippen molar-refractivity contribution in [2.75, 3.05) is 26.2 Å². The zero-order valence-electron chi connectivity index (χ0n) is 22.0. The van der Waals surface area contributed by atoms with E-state index in [4.69, 9.17) is 0 Å². The van der Waals surface area contributed by atoms with Crippen LogP contribution in [0.25, 0.3) is 0 Å². The minimum absolute atomic E-state index is 0.0536. The number of carbonyl (C=O) groups is 2. The molecule has 2 atom stereocenters. The maximum absolute atomic E-state index is 13.4. The van der Waals surface area contributed by atoms with Crippen molar-refractivity contribution in [3.63, 3.8) is 0 Å². The predicted octanol–water partition coefficient (Wildman–Crippen LogP) is 4.41. The number of hydrogen-bond donors (Lipinski definition) is 2. The molecule has 0 aliphatic carbocycles. The average Bonchev–Trinajstić information content (AvgIpc) is 3.20. The highest BCUT2D eigenvalue weighted by Crippen LogP contribution is 2.47. The van der Waals surface area contributed by atoms with Gasteiger partial charge in [0.1, 0.15) is 5.82 Å². The molecule has 2 N–H and O–H groups in total. The van der Waals surface area contributed by atoms with E-state index < -0.39 is 5.41 Å². The minimum atomic E-state index is -0.447. The molecule has 1 spiro atoms. The molecular formula is C31H38FN3O2. The second-order valence-corrected chi connectivity index (χ2v) is 10.5. The van der Waals surface area contributed by atoms with Gasteiger partial charge in [-0.3, -0.25) is 9.59 Å². The number of carbonyl (C=O) groups excluding carboxylic acids is 2. The number of halogens is 1. The first-order chi connectivity index (χ1) is 17.9. The Balaban J connectivity index is 1.25. The Morgan fingerprint density at radius 1 is 1.14 bits per heavy atom. The number of amides is 2. The van der Waals surface area contributed by atoms with Crippen LogP contribution in [-0.2, 0) is 16.0 Å². The SMILES string of the molecule is CCCCCc1ccc(C#CC(=O)N[C@@H](C)CN2CCC3(CC2)C(=O)NCC3c2ccc(F)cc2)cc1. The molecule has 2 amide bonds. The summed E-state index contributed by atoms with van der Waals surface area (Å²) in [5.41, 5.74) is 2.71. The molecule has 1 unspecified atom stereocenters. The van der Waals surface area contributed by atoms with E-state index in [2.05, 4.69) is 46.4 Å². The highest BCUT2D eigenvalue weighted by atomic mass is 19.1. The van der Waals surface area contributed by atoms with Crippen LogP contribution in [0.2, 0.25) is 0 Å². The summed E-state index contributed by atoms with van der Waals surface area (Å²) in [5.74, 6) is 5.30. The number of piperidine rings is 1. The Labute approximate surface area is 220 Å². The zero-order valence-corrected chi connectivity index (χ0v) is 22.0. The number of nitrogens with zero attached hydrogens (tertiary/aromatic N) is 1. The van der Waals surface area contributed by atoms with Crippen LogP contribution in [0.15, 0.2) is 48.5 Å². The molecule has 2 aromatic carbocycles. The fourth-order valence-corrected chi connectivity index (χ4v) is 5.72. The molecular weight excluding hydrogens is 465 g/mol. The monoisotopic (exact) mass is 503 g/mol. The summed E-state index contributed by atoms with van der Waals surface area (Å²) < 4.78 is 13.4. The van der Waals surface area contributed by atoms with Crippen LogP contribution in [0.3, 0.4) is 0 Å². The predicted molar refractivity (Wildman–Crippen MR) is 144 cm³/mol. The summed E-state index contributed by atoms with van der Waals surface area (Å²) in [7, 11) is 0.